The van der Waals surface area contributed by atoms with Gasteiger partial charge in [0.2, 0.25) is 5.91 Å². The van der Waals surface area contributed by atoms with Crippen molar-refractivity contribution in [3.8, 4) is 0 Å². The van der Waals surface area contributed by atoms with Crippen LogP contribution in [0.1, 0.15) is 34.1 Å². The molecule has 0 spiro atoms. The Kier molecular flexibility index (Phi) is 5.92. The van der Waals surface area contributed by atoms with Crippen molar-refractivity contribution in [2.45, 2.75) is 46.2 Å². The van der Waals surface area contributed by atoms with Crippen LogP contribution < -0.4 is 10.6 Å². The molecule has 1 rings (SSSR count). The number of carbonyl (C=O) groups is 1. The van der Waals surface area contributed by atoms with E-state index in [0.29, 0.717) is 19.1 Å². The Balaban J connectivity index is 2.40. The number of hydrogen-bond donors (Lipinski definition) is 2. The van der Waals surface area contributed by atoms with Crippen molar-refractivity contribution in [1.29, 1.82) is 0 Å². The van der Waals surface area contributed by atoms with Crippen molar-refractivity contribution < 1.29 is 9.53 Å². The molecule has 1 heterocycles. The molecule has 1 saturated heterocycles. The zero-order chi connectivity index (χ0) is 12.8. The van der Waals surface area contributed by atoms with Gasteiger partial charge in [0.15, 0.2) is 0 Å². The highest BCUT2D eigenvalue weighted by Crippen LogP contribution is 2.14. The first-order valence-corrected chi connectivity index (χ1v) is 6.66. The molecule has 0 aromatic heterocycles. The van der Waals surface area contributed by atoms with Gasteiger partial charge in [0.25, 0.3) is 0 Å². The molecule has 1 amide bonds. The Labute approximate surface area is 104 Å². The summed E-state index contributed by atoms with van der Waals surface area (Å²) >= 11 is 0. The van der Waals surface area contributed by atoms with Crippen LogP contribution in [0.5, 0.6) is 0 Å². The predicted molar refractivity (Wildman–Crippen MR) is 68.8 cm³/mol. The Morgan fingerprint density at radius 3 is 2.65 bits per heavy atom. The fourth-order valence-corrected chi connectivity index (χ4v) is 2.39. The summed E-state index contributed by atoms with van der Waals surface area (Å²) in [7, 11) is 0. The maximum atomic E-state index is 12.1. The van der Waals surface area contributed by atoms with Crippen LogP contribution in [-0.2, 0) is 9.53 Å². The summed E-state index contributed by atoms with van der Waals surface area (Å²) in [5.74, 6) is 0.695. The monoisotopic (exact) mass is 242 g/mol. The summed E-state index contributed by atoms with van der Waals surface area (Å²) in [5, 5.41) is 6.39. The first-order valence-electron chi connectivity index (χ1n) is 6.66. The van der Waals surface area contributed by atoms with E-state index in [0.717, 1.165) is 13.0 Å². The highest BCUT2D eigenvalue weighted by Gasteiger charge is 2.33. The lowest BCUT2D eigenvalue weighted by Gasteiger charge is -2.21. The predicted octanol–water partition coefficient (Wildman–Crippen LogP) is 1.16. The fourth-order valence-electron chi connectivity index (χ4n) is 2.39. The first kappa shape index (κ1) is 14.5. The van der Waals surface area contributed by atoms with Crippen LogP contribution in [0.4, 0.5) is 0 Å². The number of likely N-dealkylation sites (N-methyl/N-ethyl adjacent to an activating group) is 1. The SMILES string of the molecule is CCNC1COCC1C(=O)NC(C)CC(C)C. The number of nitrogens with one attached hydrogen (secondary N) is 2. The van der Waals surface area contributed by atoms with E-state index in [1.165, 1.54) is 0 Å². The van der Waals surface area contributed by atoms with Crippen molar-refractivity contribution in [2.75, 3.05) is 19.8 Å². The molecular weight excluding hydrogens is 216 g/mol. The van der Waals surface area contributed by atoms with Crippen LogP contribution in [-0.4, -0.2) is 37.7 Å². The molecule has 4 heteroatoms. The van der Waals surface area contributed by atoms with Gasteiger partial charge in [-0.15, -0.1) is 0 Å². The average molecular weight is 242 g/mol. The van der Waals surface area contributed by atoms with E-state index in [2.05, 4.69) is 38.3 Å². The summed E-state index contributed by atoms with van der Waals surface area (Å²) < 4.78 is 5.38. The third-order valence-electron chi connectivity index (χ3n) is 3.10. The summed E-state index contributed by atoms with van der Waals surface area (Å²) in [6, 6.07) is 0.414. The van der Waals surface area contributed by atoms with E-state index in [4.69, 9.17) is 4.74 Å². The van der Waals surface area contributed by atoms with Crippen LogP contribution in [0.3, 0.4) is 0 Å². The summed E-state index contributed by atoms with van der Waals surface area (Å²) in [6.45, 7) is 10.5. The van der Waals surface area contributed by atoms with Gasteiger partial charge < -0.3 is 15.4 Å². The van der Waals surface area contributed by atoms with Crippen molar-refractivity contribution in [2.24, 2.45) is 11.8 Å². The van der Waals surface area contributed by atoms with Gasteiger partial charge in [0.1, 0.15) is 0 Å². The lowest BCUT2D eigenvalue weighted by Crippen LogP contribution is -2.46. The maximum absolute atomic E-state index is 12.1. The Morgan fingerprint density at radius 2 is 2.06 bits per heavy atom. The molecule has 0 aliphatic carbocycles. The number of hydrogen-bond acceptors (Lipinski definition) is 3. The van der Waals surface area contributed by atoms with Gasteiger partial charge in [0, 0.05) is 12.1 Å². The van der Waals surface area contributed by atoms with E-state index < -0.39 is 0 Å². The molecule has 0 aromatic carbocycles. The van der Waals surface area contributed by atoms with Gasteiger partial charge >= 0.3 is 0 Å². The lowest BCUT2D eigenvalue weighted by molar-refractivity contribution is -0.126. The van der Waals surface area contributed by atoms with Crippen LogP contribution in [0.25, 0.3) is 0 Å². The molecule has 3 unspecified atom stereocenters. The van der Waals surface area contributed by atoms with E-state index in [9.17, 15) is 4.79 Å². The molecule has 2 N–H and O–H groups in total. The number of amides is 1. The Bertz CT molecular complexity index is 244. The van der Waals surface area contributed by atoms with Gasteiger partial charge in [-0.3, -0.25) is 4.79 Å². The minimum atomic E-state index is -0.0374. The van der Waals surface area contributed by atoms with E-state index in [-0.39, 0.29) is 23.9 Å². The van der Waals surface area contributed by atoms with Gasteiger partial charge in [-0.1, -0.05) is 20.8 Å². The third-order valence-corrected chi connectivity index (χ3v) is 3.10. The zero-order valence-electron chi connectivity index (χ0n) is 11.5. The van der Waals surface area contributed by atoms with Crippen LogP contribution >= 0.6 is 0 Å². The smallest absolute Gasteiger partial charge is 0.227 e. The molecule has 0 saturated carbocycles. The molecule has 3 atom stereocenters. The third kappa shape index (κ3) is 4.64. The molecule has 0 aromatic rings. The molecular formula is C13H26N2O2. The minimum absolute atomic E-state index is 0.0374. The van der Waals surface area contributed by atoms with Crippen LogP contribution in [0, 0.1) is 11.8 Å². The number of rotatable bonds is 6. The standard InChI is InChI=1S/C13H26N2O2/c1-5-14-12-8-17-7-11(12)13(16)15-10(4)6-9(2)3/h9-12,14H,5-8H2,1-4H3,(H,15,16). The van der Waals surface area contributed by atoms with Crippen molar-refractivity contribution in [3.63, 3.8) is 0 Å². The highest BCUT2D eigenvalue weighted by atomic mass is 16.5. The quantitative estimate of drug-likeness (QED) is 0.735. The summed E-state index contributed by atoms with van der Waals surface area (Å²) in [4.78, 5) is 12.1. The van der Waals surface area contributed by atoms with Gasteiger partial charge in [-0.2, -0.15) is 0 Å². The van der Waals surface area contributed by atoms with Gasteiger partial charge in [-0.05, 0) is 25.8 Å². The molecule has 0 radical (unpaired) electrons. The minimum Gasteiger partial charge on any atom is -0.379 e. The molecule has 0 bridgehead atoms. The molecule has 1 fully saturated rings. The molecule has 1 aliphatic heterocycles. The van der Waals surface area contributed by atoms with Crippen molar-refractivity contribution in [3.05, 3.63) is 0 Å². The Hall–Kier alpha value is -0.610. The second-order valence-electron chi connectivity index (χ2n) is 5.35. The molecule has 4 nitrogen and oxygen atoms in total. The van der Waals surface area contributed by atoms with E-state index in [1.54, 1.807) is 0 Å². The maximum Gasteiger partial charge on any atom is 0.227 e. The average Bonchev–Trinajstić information content (AvgIpc) is 2.64. The fraction of sp³-hybridized carbons (Fsp3) is 0.923. The van der Waals surface area contributed by atoms with Gasteiger partial charge in [-0.25, -0.2) is 0 Å². The molecule has 17 heavy (non-hydrogen) atoms. The second-order valence-corrected chi connectivity index (χ2v) is 5.35. The van der Waals surface area contributed by atoms with Crippen LogP contribution in [0.15, 0.2) is 0 Å². The van der Waals surface area contributed by atoms with E-state index in [1.807, 2.05) is 0 Å². The lowest BCUT2D eigenvalue weighted by atomic mass is 10.0. The second kappa shape index (κ2) is 6.97. The molecule has 1 aliphatic rings. The summed E-state index contributed by atoms with van der Waals surface area (Å²) in [5.41, 5.74) is 0. The van der Waals surface area contributed by atoms with Crippen molar-refractivity contribution >= 4 is 5.91 Å². The van der Waals surface area contributed by atoms with Crippen molar-refractivity contribution in [1.82, 2.24) is 10.6 Å². The van der Waals surface area contributed by atoms with Crippen LogP contribution in [0.2, 0.25) is 0 Å². The number of carbonyl (C=O) groups excluding carboxylic acids is 1. The van der Waals surface area contributed by atoms with E-state index >= 15 is 0 Å². The largest absolute Gasteiger partial charge is 0.379 e. The zero-order valence-corrected chi connectivity index (χ0v) is 11.5. The molecule has 100 valence electrons. The first-order chi connectivity index (χ1) is 8.04. The Morgan fingerprint density at radius 1 is 1.35 bits per heavy atom. The van der Waals surface area contributed by atoms with Gasteiger partial charge in [0.05, 0.1) is 19.1 Å². The highest BCUT2D eigenvalue weighted by molar-refractivity contribution is 5.80. The topological polar surface area (TPSA) is 50.4 Å². The number of ether oxygens (including phenoxy) is 1. The normalized spacial score (nSPS) is 26.2. The summed E-state index contributed by atoms with van der Waals surface area (Å²) in [6.07, 6.45) is 1.02.